The Hall–Kier alpha value is -2.01. The van der Waals surface area contributed by atoms with Gasteiger partial charge in [-0.2, -0.15) is 0 Å². The molecule has 0 spiro atoms. The Morgan fingerprint density at radius 3 is 2.43 bits per heavy atom. The molecular weight excluding hydrogens is 358 g/mol. The molecule has 0 heterocycles. The maximum absolute atomic E-state index is 12.0. The Balaban J connectivity index is 1.64. The molecule has 122 valence electrons. The van der Waals surface area contributed by atoms with E-state index in [2.05, 4.69) is 15.9 Å². The van der Waals surface area contributed by atoms with Gasteiger partial charge in [0.1, 0.15) is 18.1 Å². The maximum atomic E-state index is 12.0. The molecule has 5 heteroatoms. The van der Waals surface area contributed by atoms with Crippen molar-refractivity contribution in [3.8, 4) is 11.5 Å². The number of carbonyl (C=O) groups is 1. The SMILES string of the molecule is CN(CCOc1ccccc1)C(=O)CCOc1cccc(Br)c1. The van der Waals surface area contributed by atoms with Gasteiger partial charge in [0.05, 0.1) is 19.6 Å². The molecule has 0 bridgehead atoms. The molecule has 2 rings (SSSR count). The number of nitrogens with zero attached hydrogens (tertiary/aromatic N) is 1. The molecule has 0 aliphatic heterocycles. The quantitative estimate of drug-likeness (QED) is 0.702. The summed E-state index contributed by atoms with van der Waals surface area (Å²) in [5, 5.41) is 0. The van der Waals surface area contributed by atoms with E-state index in [9.17, 15) is 4.79 Å². The lowest BCUT2D eigenvalue weighted by Gasteiger charge is -2.17. The largest absolute Gasteiger partial charge is 0.493 e. The molecule has 0 atom stereocenters. The average molecular weight is 378 g/mol. The van der Waals surface area contributed by atoms with Crippen LogP contribution in [-0.4, -0.2) is 37.6 Å². The van der Waals surface area contributed by atoms with Gasteiger partial charge in [0, 0.05) is 11.5 Å². The third-order valence-corrected chi connectivity index (χ3v) is 3.74. The first kappa shape index (κ1) is 17.3. The zero-order valence-corrected chi connectivity index (χ0v) is 14.7. The summed E-state index contributed by atoms with van der Waals surface area (Å²) in [7, 11) is 1.77. The lowest BCUT2D eigenvalue weighted by molar-refractivity contribution is -0.130. The Morgan fingerprint density at radius 2 is 1.70 bits per heavy atom. The third kappa shape index (κ3) is 6.32. The summed E-state index contributed by atoms with van der Waals surface area (Å²) in [5.41, 5.74) is 0. The number of hydrogen-bond donors (Lipinski definition) is 0. The van der Waals surface area contributed by atoms with Crippen molar-refractivity contribution in [1.29, 1.82) is 0 Å². The standard InChI is InChI=1S/C18H20BrNO3/c1-20(11-13-23-16-7-3-2-4-8-16)18(21)10-12-22-17-9-5-6-15(19)14-17/h2-9,14H,10-13H2,1H3. The van der Waals surface area contributed by atoms with Crippen molar-refractivity contribution < 1.29 is 14.3 Å². The lowest BCUT2D eigenvalue weighted by atomic mass is 10.3. The van der Waals surface area contributed by atoms with Crippen LogP contribution in [0.2, 0.25) is 0 Å². The van der Waals surface area contributed by atoms with Crippen molar-refractivity contribution in [2.75, 3.05) is 26.8 Å². The van der Waals surface area contributed by atoms with Crippen LogP contribution in [0.3, 0.4) is 0 Å². The molecule has 0 N–H and O–H groups in total. The zero-order chi connectivity index (χ0) is 16.5. The van der Waals surface area contributed by atoms with Gasteiger partial charge in [-0.05, 0) is 30.3 Å². The van der Waals surface area contributed by atoms with Crippen molar-refractivity contribution in [2.24, 2.45) is 0 Å². The predicted octanol–water partition coefficient (Wildman–Crippen LogP) is 3.76. The Labute approximate surface area is 145 Å². The van der Waals surface area contributed by atoms with Crippen molar-refractivity contribution in [1.82, 2.24) is 4.90 Å². The summed E-state index contributed by atoms with van der Waals surface area (Å²) in [6.07, 6.45) is 0.342. The molecule has 4 nitrogen and oxygen atoms in total. The number of amides is 1. The first-order chi connectivity index (χ1) is 11.1. The molecule has 23 heavy (non-hydrogen) atoms. The second-order valence-corrected chi connectivity index (χ2v) is 5.95. The second-order valence-electron chi connectivity index (χ2n) is 5.03. The van der Waals surface area contributed by atoms with Crippen LogP contribution in [0.4, 0.5) is 0 Å². The second kappa shape index (κ2) is 9.20. The molecule has 2 aromatic carbocycles. The molecule has 1 amide bonds. The number of para-hydroxylation sites is 1. The molecule has 0 aromatic heterocycles. The molecule has 0 fully saturated rings. The highest BCUT2D eigenvalue weighted by atomic mass is 79.9. The van der Waals surface area contributed by atoms with Crippen molar-refractivity contribution in [2.45, 2.75) is 6.42 Å². The molecule has 0 saturated carbocycles. The van der Waals surface area contributed by atoms with Gasteiger partial charge in [0.25, 0.3) is 0 Å². The third-order valence-electron chi connectivity index (χ3n) is 3.25. The number of hydrogen-bond acceptors (Lipinski definition) is 3. The minimum atomic E-state index is 0.0386. The normalized spacial score (nSPS) is 10.2. The summed E-state index contributed by atoms with van der Waals surface area (Å²) in [5.74, 6) is 1.60. The maximum Gasteiger partial charge on any atom is 0.225 e. The summed E-state index contributed by atoms with van der Waals surface area (Å²) in [6, 6.07) is 17.1. The van der Waals surface area contributed by atoms with Crippen LogP contribution in [0.25, 0.3) is 0 Å². The minimum Gasteiger partial charge on any atom is -0.493 e. The van der Waals surface area contributed by atoms with Crippen molar-refractivity contribution in [3.63, 3.8) is 0 Å². The Kier molecular flexibility index (Phi) is 6.94. The van der Waals surface area contributed by atoms with Crippen LogP contribution >= 0.6 is 15.9 Å². The van der Waals surface area contributed by atoms with Crippen LogP contribution in [0.15, 0.2) is 59.1 Å². The van der Waals surface area contributed by atoms with Crippen LogP contribution in [0, 0.1) is 0 Å². The van der Waals surface area contributed by atoms with E-state index in [0.29, 0.717) is 26.2 Å². The predicted molar refractivity (Wildman–Crippen MR) is 93.8 cm³/mol. The number of carbonyl (C=O) groups excluding carboxylic acids is 1. The first-order valence-electron chi connectivity index (χ1n) is 7.45. The molecule has 0 unspecified atom stereocenters. The molecule has 0 aliphatic rings. The highest BCUT2D eigenvalue weighted by Gasteiger charge is 2.09. The van der Waals surface area contributed by atoms with Crippen molar-refractivity contribution in [3.05, 3.63) is 59.1 Å². The van der Waals surface area contributed by atoms with E-state index in [1.807, 2.05) is 54.6 Å². The fourth-order valence-electron chi connectivity index (χ4n) is 1.95. The van der Waals surface area contributed by atoms with Gasteiger partial charge in [0.2, 0.25) is 5.91 Å². The van der Waals surface area contributed by atoms with E-state index < -0.39 is 0 Å². The zero-order valence-electron chi connectivity index (χ0n) is 13.1. The number of halogens is 1. The Morgan fingerprint density at radius 1 is 1.00 bits per heavy atom. The molecule has 0 saturated heterocycles. The van der Waals surface area contributed by atoms with E-state index in [0.717, 1.165) is 16.0 Å². The number of likely N-dealkylation sites (N-methyl/N-ethyl adjacent to an activating group) is 1. The Bertz CT molecular complexity index is 619. The fourth-order valence-corrected chi connectivity index (χ4v) is 2.32. The van der Waals surface area contributed by atoms with E-state index in [1.54, 1.807) is 11.9 Å². The molecular formula is C18H20BrNO3. The topological polar surface area (TPSA) is 38.8 Å². The van der Waals surface area contributed by atoms with Crippen molar-refractivity contribution >= 4 is 21.8 Å². The van der Waals surface area contributed by atoms with Gasteiger partial charge in [-0.15, -0.1) is 0 Å². The van der Waals surface area contributed by atoms with Crippen LogP contribution in [-0.2, 0) is 4.79 Å². The van der Waals surface area contributed by atoms with Gasteiger partial charge in [0.15, 0.2) is 0 Å². The monoisotopic (exact) mass is 377 g/mol. The van der Waals surface area contributed by atoms with Gasteiger partial charge < -0.3 is 14.4 Å². The van der Waals surface area contributed by atoms with E-state index in [1.165, 1.54) is 0 Å². The highest BCUT2D eigenvalue weighted by molar-refractivity contribution is 9.10. The van der Waals surface area contributed by atoms with Gasteiger partial charge in [-0.3, -0.25) is 4.79 Å². The van der Waals surface area contributed by atoms with E-state index in [-0.39, 0.29) is 5.91 Å². The molecule has 0 radical (unpaired) electrons. The first-order valence-corrected chi connectivity index (χ1v) is 8.24. The van der Waals surface area contributed by atoms with Crippen LogP contribution in [0.5, 0.6) is 11.5 Å². The molecule has 0 aliphatic carbocycles. The number of ether oxygens (including phenoxy) is 2. The summed E-state index contributed by atoms with van der Waals surface area (Å²) < 4.78 is 12.1. The highest BCUT2D eigenvalue weighted by Crippen LogP contribution is 2.17. The average Bonchev–Trinajstić information content (AvgIpc) is 2.55. The summed E-state index contributed by atoms with van der Waals surface area (Å²) in [6.45, 7) is 1.38. The minimum absolute atomic E-state index is 0.0386. The fraction of sp³-hybridized carbons (Fsp3) is 0.278. The number of rotatable bonds is 8. The van der Waals surface area contributed by atoms with Gasteiger partial charge in [-0.25, -0.2) is 0 Å². The van der Waals surface area contributed by atoms with Gasteiger partial charge in [-0.1, -0.05) is 40.2 Å². The summed E-state index contributed by atoms with van der Waals surface area (Å²) >= 11 is 3.38. The van der Waals surface area contributed by atoms with Gasteiger partial charge >= 0.3 is 0 Å². The molecule has 2 aromatic rings. The van der Waals surface area contributed by atoms with Crippen LogP contribution in [0.1, 0.15) is 6.42 Å². The number of benzene rings is 2. The van der Waals surface area contributed by atoms with Crippen LogP contribution < -0.4 is 9.47 Å². The lowest BCUT2D eigenvalue weighted by Crippen LogP contribution is -2.31. The van der Waals surface area contributed by atoms with E-state index >= 15 is 0 Å². The van der Waals surface area contributed by atoms with E-state index in [4.69, 9.17) is 9.47 Å². The summed E-state index contributed by atoms with van der Waals surface area (Å²) in [4.78, 5) is 13.7. The smallest absolute Gasteiger partial charge is 0.225 e.